The fraction of sp³-hybridized carbons (Fsp3) is 0.417. The number of urea groups is 1. The normalized spacial score (nSPS) is 11.9. The smallest absolute Gasteiger partial charge is 0.319 e. The summed E-state index contributed by atoms with van der Waals surface area (Å²) in [6.07, 6.45) is 2.50. The lowest BCUT2D eigenvalue weighted by atomic mass is 10.2. The molecule has 18 heavy (non-hydrogen) atoms. The van der Waals surface area contributed by atoms with Gasteiger partial charge in [-0.15, -0.1) is 0 Å². The summed E-state index contributed by atoms with van der Waals surface area (Å²) in [4.78, 5) is 11.7. The van der Waals surface area contributed by atoms with E-state index in [2.05, 4.69) is 10.6 Å². The molecule has 0 spiro atoms. The first-order valence-corrected chi connectivity index (χ1v) is 7.35. The van der Waals surface area contributed by atoms with E-state index >= 15 is 0 Å². The van der Waals surface area contributed by atoms with Gasteiger partial charge in [-0.05, 0) is 30.9 Å². The van der Waals surface area contributed by atoms with Crippen LogP contribution in [0.4, 0.5) is 10.5 Å². The van der Waals surface area contributed by atoms with Gasteiger partial charge in [0.2, 0.25) is 0 Å². The van der Waals surface area contributed by atoms with Crippen LogP contribution in [0.25, 0.3) is 0 Å². The summed E-state index contributed by atoms with van der Waals surface area (Å²) in [6.45, 7) is 0.0582. The zero-order valence-corrected chi connectivity index (χ0v) is 11.7. The number of hydrogen-bond acceptors (Lipinski definition) is 3. The van der Waals surface area contributed by atoms with Crippen LogP contribution in [0.5, 0.6) is 0 Å². The van der Waals surface area contributed by atoms with Crippen molar-refractivity contribution in [2.24, 2.45) is 0 Å². The molecule has 0 aliphatic rings. The number of carbonyl (C=O) groups excluding carboxylic acids is 1. The van der Waals surface area contributed by atoms with Gasteiger partial charge in [0, 0.05) is 29.1 Å². The summed E-state index contributed by atoms with van der Waals surface area (Å²) in [7, 11) is 0. The molecular formula is C12H17ClN2O2S. The molecule has 0 radical (unpaired) electrons. The van der Waals surface area contributed by atoms with E-state index < -0.39 is 0 Å². The van der Waals surface area contributed by atoms with Crippen molar-refractivity contribution in [3.05, 3.63) is 29.3 Å². The Balaban J connectivity index is 2.49. The lowest BCUT2D eigenvalue weighted by Crippen LogP contribution is -2.40. The predicted molar refractivity (Wildman–Crippen MR) is 77.5 cm³/mol. The van der Waals surface area contributed by atoms with E-state index in [-0.39, 0.29) is 18.7 Å². The maximum absolute atomic E-state index is 11.7. The number of thioether (sulfide) groups is 1. The van der Waals surface area contributed by atoms with Gasteiger partial charge in [0.05, 0.1) is 0 Å². The number of hydrogen-bond donors (Lipinski definition) is 3. The largest absolute Gasteiger partial charge is 0.396 e. The molecular weight excluding hydrogens is 272 g/mol. The molecule has 0 saturated heterocycles. The number of rotatable bonds is 6. The molecule has 6 heteroatoms. The zero-order valence-electron chi connectivity index (χ0n) is 10.1. The summed E-state index contributed by atoms with van der Waals surface area (Å²) in [5.41, 5.74) is 0.645. The minimum Gasteiger partial charge on any atom is -0.396 e. The molecule has 4 nitrogen and oxygen atoms in total. The van der Waals surface area contributed by atoms with Crippen LogP contribution < -0.4 is 10.6 Å². The third-order valence-electron chi connectivity index (χ3n) is 2.26. The number of benzene rings is 1. The lowest BCUT2D eigenvalue weighted by molar-refractivity contribution is 0.241. The Morgan fingerprint density at radius 2 is 2.33 bits per heavy atom. The van der Waals surface area contributed by atoms with Gasteiger partial charge in [0.15, 0.2) is 0 Å². The average Bonchev–Trinajstić information content (AvgIpc) is 2.29. The van der Waals surface area contributed by atoms with Crippen LogP contribution in [0.2, 0.25) is 5.02 Å². The number of anilines is 1. The Labute approximate surface area is 116 Å². The summed E-state index contributed by atoms with van der Waals surface area (Å²) in [5.74, 6) is 0.767. The van der Waals surface area contributed by atoms with Crippen LogP contribution in [0.1, 0.15) is 6.42 Å². The number of aliphatic hydroxyl groups excluding tert-OH is 1. The molecule has 0 saturated carbocycles. The van der Waals surface area contributed by atoms with E-state index in [0.717, 1.165) is 5.75 Å². The second-order valence-electron chi connectivity index (χ2n) is 3.77. The highest BCUT2D eigenvalue weighted by Gasteiger charge is 2.11. The Kier molecular flexibility index (Phi) is 6.93. The summed E-state index contributed by atoms with van der Waals surface area (Å²) >= 11 is 7.45. The molecule has 0 bridgehead atoms. The number of aliphatic hydroxyl groups is 1. The van der Waals surface area contributed by atoms with Crippen molar-refractivity contribution in [1.29, 1.82) is 0 Å². The van der Waals surface area contributed by atoms with Gasteiger partial charge in [-0.1, -0.05) is 17.7 Å². The van der Waals surface area contributed by atoms with E-state index in [4.69, 9.17) is 16.7 Å². The molecule has 1 rings (SSSR count). The molecule has 1 aromatic carbocycles. The predicted octanol–water partition coefficient (Wildman–Crippen LogP) is 2.58. The molecule has 1 unspecified atom stereocenters. The van der Waals surface area contributed by atoms with Gasteiger partial charge in [-0.25, -0.2) is 4.79 Å². The van der Waals surface area contributed by atoms with E-state index in [1.165, 1.54) is 0 Å². The fourth-order valence-electron chi connectivity index (χ4n) is 1.47. The molecule has 0 aliphatic heterocycles. The number of amides is 2. The van der Waals surface area contributed by atoms with E-state index in [9.17, 15) is 4.79 Å². The molecule has 2 amide bonds. The van der Waals surface area contributed by atoms with E-state index in [0.29, 0.717) is 17.1 Å². The number of nitrogens with one attached hydrogen (secondary N) is 2. The Hall–Kier alpha value is -0.910. The highest BCUT2D eigenvalue weighted by molar-refractivity contribution is 7.98. The van der Waals surface area contributed by atoms with Crippen molar-refractivity contribution in [3.63, 3.8) is 0 Å². The Morgan fingerprint density at radius 3 is 2.94 bits per heavy atom. The van der Waals surface area contributed by atoms with Gasteiger partial charge >= 0.3 is 6.03 Å². The first-order chi connectivity index (χ1) is 8.65. The summed E-state index contributed by atoms with van der Waals surface area (Å²) in [5, 5.41) is 15.0. The first-order valence-electron chi connectivity index (χ1n) is 5.58. The molecule has 0 fully saturated rings. The minimum absolute atomic E-state index is 0.0378. The van der Waals surface area contributed by atoms with Crippen LogP contribution in [0.15, 0.2) is 24.3 Å². The van der Waals surface area contributed by atoms with Crippen molar-refractivity contribution in [1.82, 2.24) is 5.32 Å². The highest BCUT2D eigenvalue weighted by Crippen LogP contribution is 2.14. The van der Waals surface area contributed by atoms with Gasteiger partial charge in [-0.3, -0.25) is 0 Å². The fourth-order valence-corrected chi connectivity index (χ4v) is 2.32. The van der Waals surface area contributed by atoms with Crippen LogP contribution in [-0.2, 0) is 0 Å². The lowest BCUT2D eigenvalue weighted by Gasteiger charge is -2.17. The van der Waals surface area contributed by atoms with Gasteiger partial charge in [0.1, 0.15) is 0 Å². The van der Waals surface area contributed by atoms with Crippen molar-refractivity contribution >= 4 is 35.1 Å². The van der Waals surface area contributed by atoms with Gasteiger partial charge < -0.3 is 15.7 Å². The number of halogens is 1. The highest BCUT2D eigenvalue weighted by atomic mass is 35.5. The maximum Gasteiger partial charge on any atom is 0.319 e. The quantitative estimate of drug-likeness (QED) is 0.754. The SMILES string of the molecule is CSCC(CCO)NC(=O)Nc1cccc(Cl)c1. The first kappa shape index (κ1) is 15.1. The molecule has 3 N–H and O–H groups in total. The molecule has 0 aromatic heterocycles. The molecule has 1 atom stereocenters. The van der Waals surface area contributed by atoms with Crippen molar-refractivity contribution in [2.75, 3.05) is 23.9 Å². The zero-order chi connectivity index (χ0) is 13.4. The second kappa shape index (κ2) is 8.24. The molecule has 0 aliphatic carbocycles. The summed E-state index contributed by atoms with van der Waals surface area (Å²) in [6, 6.07) is 6.63. The second-order valence-corrected chi connectivity index (χ2v) is 5.12. The molecule has 100 valence electrons. The molecule has 0 heterocycles. The maximum atomic E-state index is 11.7. The van der Waals surface area contributed by atoms with Crippen molar-refractivity contribution in [3.8, 4) is 0 Å². The van der Waals surface area contributed by atoms with Crippen LogP contribution in [0, 0.1) is 0 Å². The van der Waals surface area contributed by atoms with Crippen LogP contribution in [-0.4, -0.2) is 35.8 Å². The van der Waals surface area contributed by atoms with Crippen LogP contribution >= 0.6 is 23.4 Å². The van der Waals surface area contributed by atoms with Gasteiger partial charge in [-0.2, -0.15) is 11.8 Å². The third-order valence-corrected chi connectivity index (χ3v) is 3.23. The molecule has 1 aromatic rings. The van der Waals surface area contributed by atoms with Gasteiger partial charge in [0.25, 0.3) is 0 Å². The van der Waals surface area contributed by atoms with Crippen molar-refractivity contribution in [2.45, 2.75) is 12.5 Å². The van der Waals surface area contributed by atoms with E-state index in [1.54, 1.807) is 36.0 Å². The number of carbonyl (C=O) groups is 1. The third kappa shape index (κ3) is 5.62. The minimum atomic E-state index is -0.287. The van der Waals surface area contributed by atoms with Crippen LogP contribution in [0.3, 0.4) is 0 Å². The topological polar surface area (TPSA) is 61.4 Å². The average molecular weight is 289 g/mol. The standard InChI is InChI=1S/C12H17ClN2O2S/c1-18-8-11(5-6-16)15-12(17)14-10-4-2-3-9(13)7-10/h2-4,7,11,16H,5-6,8H2,1H3,(H2,14,15,17). The van der Waals surface area contributed by atoms with E-state index in [1.807, 2.05) is 6.26 Å². The Bertz CT molecular complexity index is 384. The Morgan fingerprint density at radius 1 is 1.56 bits per heavy atom. The van der Waals surface area contributed by atoms with Crippen molar-refractivity contribution < 1.29 is 9.90 Å². The monoisotopic (exact) mass is 288 g/mol. The summed E-state index contributed by atoms with van der Waals surface area (Å²) < 4.78 is 0.